The van der Waals surface area contributed by atoms with Gasteiger partial charge in [-0.1, -0.05) is 23.7 Å². The number of hydrogen-bond acceptors (Lipinski definition) is 8. The number of amides is 1. The molecule has 1 saturated carbocycles. The molecular weight excluding hydrogens is 871 g/mol. The molecule has 13 nitrogen and oxygen atoms in total. The van der Waals surface area contributed by atoms with E-state index in [4.69, 9.17) is 21.3 Å². The highest BCUT2D eigenvalue weighted by molar-refractivity contribution is 7.92. The highest BCUT2D eigenvalue weighted by atomic mass is 35.5. The molecule has 2 aromatic carbocycles. The largest absolute Gasteiger partial charge is 0.435 e. The number of alkyl halides is 5. The lowest BCUT2D eigenvalue weighted by molar-refractivity contribution is -0.142. The van der Waals surface area contributed by atoms with Crippen molar-refractivity contribution in [2.45, 2.75) is 62.3 Å². The summed E-state index contributed by atoms with van der Waals surface area (Å²) in [7, 11) is -2.31. The third-order valence-electron chi connectivity index (χ3n) is 11.4. The van der Waals surface area contributed by atoms with Crippen molar-refractivity contribution in [2.24, 2.45) is 13.0 Å². The van der Waals surface area contributed by atoms with Crippen molar-refractivity contribution in [3.05, 3.63) is 99.7 Å². The van der Waals surface area contributed by atoms with E-state index in [1.165, 1.54) is 17.8 Å². The Morgan fingerprint density at radius 1 is 1.05 bits per heavy atom. The van der Waals surface area contributed by atoms with Crippen molar-refractivity contribution in [1.82, 2.24) is 39.6 Å². The number of ether oxygens (including phenoxy) is 1. The van der Waals surface area contributed by atoms with Crippen LogP contribution in [0.2, 0.25) is 5.02 Å². The van der Waals surface area contributed by atoms with E-state index in [1.807, 2.05) is 0 Å². The third kappa shape index (κ3) is 7.67. The van der Waals surface area contributed by atoms with E-state index < -0.39 is 81.0 Å². The van der Waals surface area contributed by atoms with E-state index in [-0.39, 0.29) is 51.9 Å². The Bertz CT molecular complexity index is 2870. The topological polar surface area (TPSA) is 151 Å². The van der Waals surface area contributed by atoms with Crippen LogP contribution in [0.15, 0.2) is 54.9 Å². The maximum absolute atomic E-state index is 15.5. The molecule has 2 aliphatic carbocycles. The SMILES string of the molecule is Cn1nc(NS(C)(=O)=O)c2c(Cl)ccc(-c3ccc(-c4cnn(C5CCOCC5)c4)nc3[C@H](Cc3cc(F)cc(F)c3)NC(=O)Cn3nc(C(F)(F)F)c4c3C(F)(F)C3C[C@H]43)c21. The molecule has 3 aliphatic rings. The van der Waals surface area contributed by atoms with Gasteiger partial charge in [0.15, 0.2) is 11.5 Å². The van der Waals surface area contributed by atoms with Gasteiger partial charge < -0.3 is 10.1 Å². The van der Waals surface area contributed by atoms with E-state index in [0.717, 1.165) is 18.4 Å². The Labute approximate surface area is 353 Å². The first-order chi connectivity index (χ1) is 29.3. The molecule has 1 unspecified atom stereocenters. The number of rotatable bonds is 11. The highest BCUT2D eigenvalue weighted by Crippen LogP contribution is 2.68. The highest BCUT2D eigenvalue weighted by Gasteiger charge is 2.68. The van der Waals surface area contributed by atoms with Crippen molar-refractivity contribution in [2.75, 3.05) is 24.2 Å². The molecule has 6 aromatic rings. The number of hydrogen-bond donors (Lipinski definition) is 2. The first-order valence-electron chi connectivity index (χ1n) is 19.3. The lowest BCUT2D eigenvalue weighted by Gasteiger charge is -2.24. The van der Waals surface area contributed by atoms with Gasteiger partial charge in [-0.2, -0.15) is 37.2 Å². The van der Waals surface area contributed by atoms with Gasteiger partial charge in [0.25, 0.3) is 5.92 Å². The zero-order chi connectivity index (χ0) is 44.0. The molecule has 326 valence electrons. The summed E-state index contributed by atoms with van der Waals surface area (Å²) >= 11 is 6.64. The fourth-order valence-corrected chi connectivity index (χ4v) is 9.48. The summed E-state index contributed by atoms with van der Waals surface area (Å²) in [6.07, 6.45) is 0.138. The number of carbonyl (C=O) groups excluding carboxylic acids is 1. The van der Waals surface area contributed by atoms with Crippen LogP contribution in [0, 0.1) is 17.6 Å². The quantitative estimate of drug-likeness (QED) is 0.126. The number of fused-ring (bicyclic) bond motifs is 4. The van der Waals surface area contributed by atoms with Crippen molar-refractivity contribution < 1.29 is 48.7 Å². The minimum Gasteiger partial charge on any atom is -0.381 e. The normalized spacial score (nSPS) is 19.1. The van der Waals surface area contributed by atoms with E-state index in [9.17, 15) is 35.2 Å². The Morgan fingerprint density at radius 3 is 2.45 bits per heavy atom. The molecule has 1 amide bonds. The summed E-state index contributed by atoms with van der Waals surface area (Å²) in [4.78, 5) is 19.1. The Kier molecular flexibility index (Phi) is 10.2. The standard InChI is InChI=1S/C40H35ClF7N9O4S/c1-55-35-25(3-5-28(41)33(35)38(53-55)54-62(2,59)60)24-4-6-29(20-16-49-56(17-20)23-7-9-61-10-8-23)51-34(24)30(13-19-11-21(42)14-22(43)12-19)50-31(58)18-57-37-32(36(52-57)40(46,47)48)26-15-27(26)39(37,44)45/h3-6,11-12,14,16-17,23,26-27,30H,7-10,13,15,18H2,1-2H3,(H,50,58)(H,53,54)/t26-,27?,30-/m0/s1. The van der Waals surface area contributed by atoms with Crippen molar-refractivity contribution >= 4 is 44.3 Å². The van der Waals surface area contributed by atoms with Gasteiger partial charge in [-0.3, -0.25) is 23.6 Å². The maximum Gasteiger partial charge on any atom is 0.435 e. The zero-order valence-electron chi connectivity index (χ0n) is 32.7. The smallest absolute Gasteiger partial charge is 0.381 e. The van der Waals surface area contributed by atoms with Crippen LogP contribution < -0.4 is 10.0 Å². The lowest BCUT2D eigenvalue weighted by Crippen LogP contribution is -2.35. The van der Waals surface area contributed by atoms with Crippen LogP contribution in [0.25, 0.3) is 33.3 Å². The number of aryl methyl sites for hydroxylation is 1. The molecule has 62 heavy (non-hydrogen) atoms. The van der Waals surface area contributed by atoms with Crippen LogP contribution in [0.5, 0.6) is 0 Å². The number of nitrogens with one attached hydrogen (secondary N) is 2. The number of nitrogens with zero attached hydrogens (tertiary/aromatic N) is 7. The monoisotopic (exact) mass is 905 g/mol. The summed E-state index contributed by atoms with van der Waals surface area (Å²) in [6, 6.07) is 7.78. The van der Waals surface area contributed by atoms with E-state index in [2.05, 4.69) is 25.3 Å². The van der Waals surface area contributed by atoms with Gasteiger partial charge in [0.1, 0.15) is 23.9 Å². The van der Waals surface area contributed by atoms with Gasteiger partial charge in [-0.15, -0.1) is 0 Å². The molecule has 2 N–H and O–H groups in total. The minimum atomic E-state index is -5.08. The molecule has 9 rings (SSSR count). The summed E-state index contributed by atoms with van der Waals surface area (Å²) < 4.78 is 139. The summed E-state index contributed by atoms with van der Waals surface area (Å²) in [5.41, 5.74) is -1.17. The van der Waals surface area contributed by atoms with Gasteiger partial charge in [-0.25, -0.2) is 22.2 Å². The Balaban J connectivity index is 1.19. The number of anilines is 1. The number of aromatic nitrogens is 7. The number of halogens is 8. The van der Waals surface area contributed by atoms with Crippen molar-refractivity contribution in [1.29, 1.82) is 0 Å². The average Bonchev–Trinajstić information content (AvgIpc) is 3.41. The second kappa shape index (κ2) is 15.1. The number of sulfonamides is 1. The molecule has 2 fully saturated rings. The molecule has 22 heteroatoms. The molecule has 1 saturated heterocycles. The van der Waals surface area contributed by atoms with Crippen LogP contribution in [-0.4, -0.2) is 68.1 Å². The number of pyridine rings is 1. The second-order valence-electron chi connectivity index (χ2n) is 15.8. The van der Waals surface area contributed by atoms with Gasteiger partial charge in [-0.05, 0) is 61.4 Å². The van der Waals surface area contributed by atoms with E-state index in [0.29, 0.717) is 59.1 Å². The molecule has 4 aromatic heterocycles. The molecule has 0 spiro atoms. The summed E-state index contributed by atoms with van der Waals surface area (Å²) in [5, 5.41) is 15.4. The van der Waals surface area contributed by atoms with Gasteiger partial charge >= 0.3 is 6.18 Å². The van der Waals surface area contributed by atoms with Crippen LogP contribution in [0.4, 0.5) is 36.6 Å². The summed E-state index contributed by atoms with van der Waals surface area (Å²) in [6.45, 7) is 0.0190. The fraction of sp³-hybridized carbons (Fsp3) is 0.375. The molecule has 0 bridgehead atoms. The first-order valence-corrected chi connectivity index (χ1v) is 21.6. The number of carbonyl (C=O) groups is 1. The van der Waals surface area contributed by atoms with Crippen LogP contribution in [0.1, 0.15) is 65.5 Å². The van der Waals surface area contributed by atoms with Gasteiger partial charge in [0, 0.05) is 60.7 Å². The minimum absolute atomic E-state index is 0.0330. The zero-order valence-corrected chi connectivity index (χ0v) is 34.2. The van der Waals surface area contributed by atoms with E-state index in [1.54, 1.807) is 35.3 Å². The number of benzene rings is 2. The second-order valence-corrected chi connectivity index (χ2v) is 17.9. The maximum atomic E-state index is 15.5. The Hall–Kier alpha value is -5.54. The lowest BCUT2D eigenvalue weighted by atomic mass is 9.93. The predicted molar refractivity (Wildman–Crippen MR) is 211 cm³/mol. The Morgan fingerprint density at radius 2 is 1.76 bits per heavy atom. The average molecular weight is 906 g/mol. The first kappa shape index (κ1) is 41.8. The van der Waals surface area contributed by atoms with Crippen LogP contribution >= 0.6 is 11.6 Å². The molecule has 1 aliphatic heterocycles. The molecule has 5 heterocycles. The third-order valence-corrected chi connectivity index (χ3v) is 12.3. The summed E-state index contributed by atoms with van der Waals surface area (Å²) in [5.74, 6) is -9.12. The fourth-order valence-electron chi connectivity index (χ4n) is 8.74. The van der Waals surface area contributed by atoms with Crippen molar-refractivity contribution in [3.63, 3.8) is 0 Å². The van der Waals surface area contributed by atoms with Crippen LogP contribution in [0.3, 0.4) is 0 Å². The van der Waals surface area contributed by atoms with Gasteiger partial charge in [0.2, 0.25) is 15.9 Å². The van der Waals surface area contributed by atoms with E-state index >= 15 is 8.78 Å². The van der Waals surface area contributed by atoms with Crippen molar-refractivity contribution in [3.8, 4) is 22.4 Å². The van der Waals surface area contributed by atoms with Crippen LogP contribution in [-0.2, 0) is 51.7 Å². The molecule has 0 radical (unpaired) electrons. The molecule has 3 atom stereocenters. The van der Waals surface area contributed by atoms with Gasteiger partial charge in [0.05, 0.1) is 51.8 Å². The predicted octanol–water partition coefficient (Wildman–Crippen LogP) is 7.68. The molecular formula is C40H35ClF7N9O4S.